The summed E-state index contributed by atoms with van der Waals surface area (Å²) in [4.78, 5) is 19.3. The van der Waals surface area contributed by atoms with Gasteiger partial charge >= 0.3 is 0 Å². The largest absolute Gasteiger partial charge is 0.354 e. The van der Waals surface area contributed by atoms with Crippen LogP contribution in [-0.4, -0.2) is 46.2 Å². The highest BCUT2D eigenvalue weighted by atomic mass is 16.2. The van der Waals surface area contributed by atoms with E-state index in [0.717, 1.165) is 36.5 Å². The molecule has 1 aliphatic rings. The highest BCUT2D eigenvalue weighted by Gasteiger charge is 2.30. The molecule has 0 radical (unpaired) electrons. The molecule has 6 heteroatoms. The first kappa shape index (κ1) is 21.5. The average molecular weight is 398 g/mol. The smallest absolute Gasteiger partial charge is 0.241 e. The van der Waals surface area contributed by atoms with Gasteiger partial charge in [0, 0.05) is 18.4 Å². The first-order chi connectivity index (χ1) is 13.9. The van der Waals surface area contributed by atoms with Crippen molar-refractivity contribution in [3.63, 3.8) is 0 Å². The third kappa shape index (κ3) is 5.24. The van der Waals surface area contributed by atoms with Crippen LogP contribution in [0.2, 0.25) is 0 Å². The molecule has 1 aliphatic carbocycles. The van der Waals surface area contributed by atoms with E-state index in [-0.39, 0.29) is 5.91 Å². The molecule has 1 amide bonds. The van der Waals surface area contributed by atoms with Crippen molar-refractivity contribution in [2.75, 3.05) is 20.6 Å². The third-order valence-electron chi connectivity index (χ3n) is 6.51. The first-order valence-corrected chi connectivity index (χ1v) is 10.7. The number of pyridine rings is 1. The highest BCUT2D eigenvalue weighted by Crippen LogP contribution is 2.38. The summed E-state index contributed by atoms with van der Waals surface area (Å²) in [6.07, 6.45) is 6.55. The lowest BCUT2D eigenvalue weighted by Crippen LogP contribution is -2.36. The van der Waals surface area contributed by atoms with Crippen LogP contribution < -0.4 is 5.32 Å². The van der Waals surface area contributed by atoms with Gasteiger partial charge in [0.15, 0.2) is 0 Å². The quantitative estimate of drug-likeness (QED) is 0.777. The van der Waals surface area contributed by atoms with Crippen LogP contribution in [0.3, 0.4) is 0 Å². The Morgan fingerprint density at radius 1 is 1.21 bits per heavy atom. The maximum Gasteiger partial charge on any atom is 0.241 e. The average Bonchev–Trinajstić information content (AvgIpc) is 2.95. The molecule has 2 aromatic heterocycles. The van der Waals surface area contributed by atoms with Crippen molar-refractivity contribution in [2.24, 2.45) is 11.8 Å². The van der Waals surface area contributed by atoms with Crippen LogP contribution in [0, 0.1) is 32.6 Å². The van der Waals surface area contributed by atoms with Crippen molar-refractivity contribution < 1.29 is 4.79 Å². The SMILES string of the molecule is Cc1nn(CC(=O)NCC2CCC([C@@H](c3ccccn3)N(C)C)CC2)c(C)c1C. The van der Waals surface area contributed by atoms with Crippen LogP contribution in [0.4, 0.5) is 0 Å². The molecule has 29 heavy (non-hydrogen) atoms. The van der Waals surface area contributed by atoms with Crippen LogP contribution in [0.1, 0.15) is 54.4 Å². The van der Waals surface area contributed by atoms with E-state index in [1.165, 1.54) is 18.4 Å². The van der Waals surface area contributed by atoms with Gasteiger partial charge in [-0.3, -0.25) is 14.5 Å². The fraction of sp³-hybridized carbons (Fsp3) is 0.609. The molecule has 0 unspecified atom stereocenters. The molecule has 2 aromatic rings. The van der Waals surface area contributed by atoms with E-state index in [2.05, 4.69) is 53.5 Å². The number of hydrogen-bond acceptors (Lipinski definition) is 4. The lowest BCUT2D eigenvalue weighted by molar-refractivity contribution is -0.122. The van der Waals surface area contributed by atoms with Crippen molar-refractivity contribution in [3.8, 4) is 0 Å². The minimum atomic E-state index is 0.0531. The van der Waals surface area contributed by atoms with E-state index in [1.54, 1.807) is 0 Å². The molecule has 0 saturated heterocycles. The second kappa shape index (κ2) is 9.53. The summed E-state index contributed by atoms with van der Waals surface area (Å²) in [6.45, 7) is 7.13. The number of rotatable bonds is 7. The topological polar surface area (TPSA) is 63.1 Å². The third-order valence-corrected chi connectivity index (χ3v) is 6.51. The van der Waals surface area contributed by atoms with Gasteiger partial charge in [0.05, 0.1) is 17.4 Å². The number of carbonyl (C=O) groups is 1. The van der Waals surface area contributed by atoms with E-state index < -0.39 is 0 Å². The molecule has 6 nitrogen and oxygen atoms in total. The zero-order chi connectivity index (χ0) is 21.0. The summed E-state index contributed by atoms with van der Waals surface area (Å²) in [5.74, 6) is 1.23. The summed E-state index contributed by atoms with van der Waals surface area (Å²) in [6, 6.07) is 6.55. The maximum absolute atomic E-state index is 12.4. The van der Waals surface area contributed by atoms with Crippen molar-refractivity contribution in [2.45, 2.75) is 59.0 Å². The zero-order valence-corrected chi connectivity index (χ0v) is 18.5. The Labute approximate surface area is 174 Å². The van der Waals surface area contributed by atoms with Gasteiger partial charge in [-0.25, -0.2) is 0 Å². The molecule has 1 atom stereocenters. The molecule has 158 valence electrons. The molecule has 1 N–H and O–H groups in total. The normalized spacial score (nSPS) is 20.6. The van der Waals surface area contributed by atoms with Gasteiger partial charge in [0.1, 0.15) is 6.54 Å². The number of nitrogens with zero attached hydrogens (tertiary/aromatic N) is 4. The Morgan fingerprint density at radius 3 is 2.48 bits per heavy atom. The van der Waals surface area contributed by atoms with E-state index in [1.807, 2.05) is 30.8 Å². The van der Waals surface area contributed by atoms with E-state index in [9.17, 15) is 4.79 Å². The molecule has 0 bridgehead atoms. The lowest BCUT2D eigenvalue weighted by Gasteiger charge is -2.37. The summed E-state index contributed by atoms with van der Waals surface area (Å²) in [5, 5.41) is 7.60. The van der Waals surface area contributed by atoms with Crippen molar-refractivity contribution in [3.05, 3.63) is 47.0 Å². The maximum atomic E-state index is 12.4. The summed E-state index contributed by atoms with van der Waals surface area (Å²) < 4.78 is 1.81. The molecular formula is C23H35N5O. The zero-order valence-electron chi connectivity index (χ0n) is 18.5. The second-order valence-electron chi connectivity index (χ2n) is 8.70. The Bertz CT molecular complexity index is 806. The fourth-order valence-corrected chi connectivity index (χ4v) is 4.58. The van der Waals surface area contributed by atoms with Crippen molar-refractivity contribution >= 4 is 5.91 Å². The minimum Gasteiger partial charge on any atom is -0.354 e. The predicted molar refractivity (Wildman–Crippen MR) is 116 cm³/mol. The van der Waals surface area contributed by atoms with E-state index >= 15 is 0 Å². The van der Waals surface area contributed by atoms with Gasteiger partial charge in [-0.2, -0.15) is 5.10 Å². The van der Waals surface area contributed by atoms with Crippen LogP contribution in [0.25, 0.3) is 0 Å². The van der Waals surface area contributed by atoms with Crippen molar-refractivity contribution in [1.29, 1.82) is 0 Å². The number of aromatic nitrogens is 3. The molecule has 1 saturated carbocycles. The Hall–Kier alpha value is -2.21. The number of aryl methyl sites for hydroxylation is 1. The van der Waals surface area contributed by atoms with Crippen LogP contribution in [0.15, 0.2) is 24.4 Å². The molecule has 0 aliphatic heterocycles. The predicted octanol–water partition coefficient (Wildman–Crippen LogP) is 3.43. The standard InChI is InChI=1S/C23H35N5O/c1-16-17(2)26-28(18(16)3)15-22(29)25-14-19-9-11-20(12-10-19)23(27(4)5)21-8-6-7-13-24-21/h6-8,13,19-20,23H,9-12,14-15H2,1-5H3,(H,25,29)/t19?,20?,23-/m0/s1. The second-order valence-corrected chi connectivity index (χ2v) is 8.70. The number of amides is 1. The minimum absolute atomic E-state index is 0.0531. The van der Waals surface area contributed by atoms with Crippen LogP contribution >= 0.6 is 0 Å². The van der Waals surface area contributed by atoms with Gasteiger partial charge in [-0.05, 0) is 90.1 Å². The highest BCUT2D eigenvalue weighted by molar-refractivity contribution is 5.75. The first-order valence-electron chi connectivity index (χ1n) is 10.7. The monoisotopic (exact) mass is 397 g/mol. The van der Waals surface area contributed by atoms with E-state index in [4.69, 9.17) is 0 Å². The summed E-state index contributed by atoms with van der Waals surface area (Å²) in [5.41, 5.74) is 4.40. The lowest BCUT2D eigenvalue weighted by atomic mass is 9.77. The number of nitrogens with one attached hydrogen (secondary N) is 1. The van der Waals surface area contributed by atoms with Crippen LogP contribution in [-0.2, 0) is 11.3 Å². The van der Waals surface area contributed by atoms with Crippen molar-refractivity contribution in [1.82, 2.24) is 25.0 Å². The molecule has 3 rings (SSSR count). The fourth-order valence-electron chi connectivity index (χ4n) is 4.58. The Morgan fingerprint density at radius 2 is 1.93 bits per heavy atom. The van der Waals surface area contributed by atoms with E-state index in [0.29, 0.717) is 24.4 Å². The Balaban J connectivity index is 1.48. The summed E-state index contributed by atoms with van der Waals surface area (Å²) >= 11 is 0. The summed E-state index contributed by atoms with van der Waals surface area (Å²) in [7, 11) is 4.29. The molecule has 0 spiro atoms. The number of hydrogen-bond donors (Lipinski definition) is 1. The van der Waals surface area contributed by atoms with Gasteiger partial charge in [0.25, 0.3) is 0 Å². The van der Waals surface area contributed by atoms with Gasteiger partial charge in [0.2, 0.25) is 5.91 Å². The van der Waals surface area contributed by atoms with Gasteiger partial charge < -0.3 is 10.2 Å². The number of carbonyl (C=O) groups excluding carboxylic acids is 1. The Kier molecular flexibility index (Phi) is 7.06. The van der Waals surface area contributed by atoms with Crippen LogP contribution in [0.5, 0.6) is 0 Å². The molecular weight excluding hydrogens is 362 g/mol. The molecule has 2 heterocycles. The van der Waals surface area contributed by atoms with Gasteiger partial charge in [-0.1, -0.05) is 6.07 Å². The molecule has 0 aromatic carbocycles. The van der Waals surface area contributed by atoms with Gasteiger partial charge in [-0.15, -0.1) is 0 Å². The molecule has 1 fully saturated rings.